The molecule has 4 atom stereocenters. The number of hydrogen-bond acceptors (Lipinski definition) is 11. The lowest BCUT2D eigenvalue weighted by Crippen LogP contribution is -2.63. The van der Waals surface area contributed by atoms with E-state index in [4.69, 9.17) is 11.1 Å². The number of nitrogens with one attached hydrogen (secondary N) is 2. The Bertz CT molecular complexity index is 1780. The van der Waals surface area contributed by atoms with Crippen molar-refractivity contribution in [3.05, 3.63) is 69.7 Å². The number of phenolic OH excluding ortho intramolecular Hbond substituents is 1. The minimum atomic E-state index is -2.50. The Kier molecular flexibility index (Phi) is 9.17. The first-order valence-electron chi connectivity index (χ1n) is 15.8. The average Bonchev–Trinajstić information content (AvgIpc) is 3.00. The molecular weight excluding hydrogens is 616 g/mol. The van der Waals surface area contributed by atoms with Crippen LogP contribution in [0.4, 0.5) is 5.69 Å². The summed E-state index contributed by atoms with van der Waals surface area (Å²) in [6, 6.07) is 7.48. The van der Waals surface area contributed by atoms with Crippen LogP contribution in [0.1, 0.15) is 39.1 Å². The number of carbonyl (C=O) groups is 3. The van der Waals surface area contributed by atoms with E-state index >= 15 is 0 Å². The SMILES string of the molecule is CN(C)CCCNC(=O)c1cccc(-c2cc(N(C)C)c3c(c2O)C(=O)C2=C(O)[C@]4(O)C(=N)C(C(N)=O)=C(O)[C@@H](N(C)C)[C@@H]4C[C@@H]2C3)c1. The van der Waals surface area contributed by atoms with Gasteiger partial charge in [0.1, 0.15) is 22.8 Å². The minimum Gasteiger partial charge on any atom is -0.510 e. The van der Waals surface area contributed by atoms with Crippen LogP contribution in [0.25, 0.3) is 11.1 Å². The van der Waals surface area contributed by atoms with E-state index in [1.807, 2.05) is 23.9 Å². The van der Waals surface area contributed by atoms with Crippen LogP contribution in [-0.2, 0) is 11.2 Å². The van der Waals surface area contributed by atoms with Crippen LogP contribution < -0.4 is 16.0 Å². The summed E-state index contributed by atoms with van der Waals surface area (Å²) in [5.74, 6) is -5.43. The first-order valence-corrected chi connectivity index (χ1v) is 15.8. The van der Waals surface area contributed by atoms with Crippen molar-refractivity contribution < 1.29 is 34.8 Å². The molecule has 2 aromatic rings. The van der Waals surface area contributed by atoms with Gasteiger partial charge in [-0.15, -0.1) is 0 Å². The van der Waals surface area contributed by atoms with Gasteiger partial charge in [-0.05, 0) is 89.2 Å². The Morgan fingerprint density at radius 3 is 2.38 bits per heavy atom. The summed E-state index contributed by atoms with van der Waals surface area (Å²) in [4.78, 5) is 45.1. The normalized spacial score (nSPS) is 23.6. The Balaban J connectivity index is 1.62. The Morgan fingerprint density at radius 1 is 1.08 bits per heavy atom. The fourth-order valence-corrected chi connectivity index (χ4v) is 7.50. The van der Waals surface area contributed by atoms with Gasteiger partial charge in [0.15, 0.2) is 11.4 Å². The van der Waals surface area contributed by atoms with Gasteiger partial charge in [0.25, 0.3) is 11.8 Å². The molecule has 0 fully saturated rings. The largest absolute Gasteiger partial charge is 0.510 e. The molecule has 13 heteroatoms. The summed E-state index contributed by atoms with van der Waals surface area (Å²) in [5.41, 5.74) is 3.70. The number of Topliss-reactive ketones (excluding diaryl/α,β-unsaturated/α-hetero) is 1. The molecule has 5 rings (SSSR count). The third-order valence-electron chi connectivity index (χ3n) is 9.74. The van der Waals surface area contributed by atoms with Gasteiger partial charge in [0, 0.05) is 48.9 Å². The van der Waals surface area contributed by atoms with Crippen LogP contribution in [0.15, 0.2) is 53.0 Å². The molecule has 3 aliphatic carbocycles. The lowest BCUT2D eigenvalue weighted by molar-refractivity contribution is -0.114. The van der Waals surface area contributed by atoms with Crippen LogP contribution in [0.2, 0.25) is 0 Å². The lowest BCUT2D eigenvalue weighted by atomic mass is 9.58. The fourth-order valence-electron chi connectivity index (χ4n) is 7.50. The number of primary amides is 1. The zero-order valence-electron chi connectivity index (χ0n) is 28.1. The smallest absolute Gasteiger partial charge is 0.254 e. The minimum absolute atomic E-state index is 0.0606. The first-order chi connectivity index (χ1) is 22.5. The average molecular weight is 661 g/mol. The second kappa shape index (κ2) is 12.7. The summed E-state index contributed by atoms with van der Waals surface area (Å²) in [7, 11) is 10.8. The Hall–Kier alpha value is -4.72. The van der Waals surface area contributed by atoms with Crippen molar-refractivity contribution in [3.63, 3.8) is 0 Å². The fraction of sp³-hybridized carbons (Fsp3) is 0.429. The number of phenols is 1. The number of nitrogens with zero attached hydrogens (tertiary/aromatic N) is 3. The Morgan fingerprint density at radius 2 is 1.77 bits per heavy atom. The van der Waals surface area contributed by atoms with Crippen molar-refractivity contribution in [2.45, 2.75) is 30.9 Å². The maximum Gasteiger partial charge on any atom is 0.254 e. The molecule has 0 aliphatic heterocycles. The molecule has 256 valence electrons. The molecule has 2 amide bonds. The van der Waals surface area contributed by atoms with Crippen molar-refractivity contribution in [2.75, 3.05) is 60.3 Å². The zero-order valence-corrected chi connectivity index (χ0v) is 28.1. The second-order valence-corrected chi connectivity index (χ2v) is 13.5. The molecule has 48 heavy (non-hydrogen) atoms. The van der Waals surface area contributed by atoms with Gasteiger partial charge in [-0.1, -0.05) is 12.1 Å². The molecule has 0 saturated heterocycles. The number of amides is 2. The molecule has 0 spiro atoms. The highest BCUT2D eigenvalue weighted by molar-refractivity contribution is 6.26. The van der Waals surface area contributed by atoms with Gasteiger partial charge in [0.05, 0.1) is 17.3 Å². The van der Waals surface area contributed by atoms with Crippen molar-refractivity contribution in [1.82, 2.24) is 15.1 Å². The van der Waals surface area contributed by atoms with E-state index in [1.165, 1.54) is 0 Å². The van der Waals surface area contributed by atoms with E-state index < -0.39 is 58.0 Å². The van der Waals surface area contributed by atoms with Gasteiger partial charge in [-0.2, -0.15) is 0 Å². The highest BCUT2D eigenvalue weighted by Gasteiger charge is 2.61. The van der Waals surface area contributed by atoms with Gasteiger partial charge in [0.2, 0.25) is 0 Å². The number of benzene rings is 2. The zero-order chi connectivity index (χ0) is 35.4. The number of fused-ring (bicyclic) bond motifs is 3. The van der Waals surface area contributed by atoms with E-state index in [0.717, 1.165) is 13.0 Å². The molecule has 8 N–H and O–H groups in total. The molecule has 0 heterocycles. The quantitative estimate of drug-likeness (QED) is 0.195. The van der Waals surface area contributed by atoms with Crippen LogP contribution in [-0.4, -0.2) is 121 Å². The number of anilines is 1. The highest BCUT2D eigenvalue weighted by Crippen LogP contribution is 2.54. The highest BCUT2D eigenvalue weighted by atomic mass is 16.3. The number of allylic oxidation sites excluding steroid dienone is 1. The molecule has 0 saturated carbocycles. The van der Waals surface area contributed by atoms with Crippen LogP contribution in [0.5, 0.6) is 5.75 Å². The number of aliphatic hydroxyl groups excluding tert-OH is 2. The predicted octanol–water partition coefficient (Wildman–Crippen LogP) is 1.99. The molecule has 13 nitrogen and oxygen atoms in total. The molecule has 0 unspecified atom stereocenters. The molecule has 3 aliphatic rings. The molecule has 0 aromatic heterocycles. The molecule has 0 bridgehead atoms. The number of nitrogens with two attached hydrogens (primary N) is 1. The van der Waals surface area contributed by atoms with E-state index in [1.54, 1.807) is 63.4 Å². The first kappa shape index (κ1) is 34.6. The summed E-state index contributed by atoms with van der Waals surface area (Å²) in [6.45, 7) is 1.30. The van der Waals surface area contributed by atoms with Gasteiger partial charge in [-0.3, -0.25) is 19.3 Å². The van der Waals surface area contributed by atoms with E-state index in [0.29, 0.717) is 34.5 Å². The number of rotatable bonds is 9. The van der Waals surface area contributed by atoms with E-state index in [9.17, 15) is 34.8 Å². The maximum atomic E-state index is 14.4. The predicted molar refractivity (Wildman–Crippen MR) is 182 cm³/mol. The summed E-state index contributed by atoms with van der Waals surface area (Å²) in [5, 5.41) is 58.2. The maximum absolute atomic E-state index is 14.4. The van der Waals surface area contributed by atoms with Crippen LogP contribution in [0, 0.1) is 17.2 Å². The van der Waals surface area contributed by atoms with Crippen molar-refractivity contribution >= 4 is 29.0 Å². The lowest BCUT2D eigenvalue weighted by Gasteiger charge is -2.51. The third kappa shape index (κ3) is 5.51. The number of likely N-dealkylation sites (N-methyl/N-ethyl adjacent to an activating group) is 1. The van der Waals surface area contributed by atoms with Gasteiger partial charge < -0.3 is 46.7 Å². The van der Waals surface area contributed by atoms with Crippen molar-refractivity contribution in [3.8, 4) is 16.9 Å². The molecule has 2 aromatic carbocycles. The van der Waals surface area contributed by atoms with Crippen molar-refractivity contribution in [1.29, 1.82) is 5.41 Å². The number of aliphatic hydroxyl groups is 3. The Labute approximate surface area is 279 Å². The number of carbonyl (C=O) groups excluding carboxylic acids is 3. The number of hydrogen-bond donors (Lipinski definition) is 7. The molecule has 0 radical (unpaired) electrons. The third-order valence-corrected chi connectivity index (χ3v) is 9.74. The van der Waals surface area contributed by atoms with Crippen LogP contribution >= 0.6 is 0 Å². The topological polar surface area (TPSA) is 204 Å². The van der Waals surface area contributed by atoms with Gasteiger partial charge >= 0.3 is 0 Å². The summed E-state index contributed by atoms with van der Waals surface area (Å²) < 4.78 is 0. The van der Waals surface area contributed by atoms with Crippen LogP contribution in [0.3, 0.4) is 0 Å². The van der Waals surface area contributed by atoms with Crippen molar-refractivity contribution in [2.24, 2.45) is 17.6 Å². The van der Waals surface area contributed by atoms with Gasteiger partial charge in [-0.25, -0.2) is 0 Å². The number of ketones is 1. The standard InChI is InChI=1S/C35H44N6O7/c1-39(2)12-8-11-38-34(47)18-10-7-9-17(13-18)20-16-23(40(3)4)21-14-19-15-22-27(41(5)6)30(44)26(33(37)46)31(36)35(22,48)32(45)24(19)29(43)25(21)28(20)42/h7,9-10,13,16,19,22,27,36,42,44-45,48H,8,11-12,14-15H2,1-6H3,(H2,37,46)(H,38,47)/t19-,22-,27-,35+/m0/s1. The van der Waals surface area contributed by atoms with E-state index in [-0.39, 0.29) is 35.6 Å². The molecular formula is C35H44N6O7. The monoisotopic (exact) mass is 660 g/mol. The summed E-state index contributed by atoms with van der Waals surface area (Å²) in [6.07, 6.45) is 1.04. The number of aromatic hydroxyl groups is 1. The van der Waals surface area contributed by atoms with E-state index in [2.05, 4.69) is 5.32 Å². The second-order valence-electron chi connectivity index (χ2n) is 13.5. The summed E-state index contributed by atoms with van der Waals surface area (Å²) >= 11 is 0.